The summed E-state index contributed by atoms with van der Waals surface area (Å²) >= 11 is 0. The third-order valence-corrected chi connectivity index (χ3v) is 4.08. The van der Waals surface area contributed by atoms with E-state index in [2.05, 4.69) is 4.72 Å². The fourth-order valence-corrected chi connectivity index (χ4v) is 2.31. The first kappa shape index (κ1) is 13.8. The molecule has 0 atom stereocenters. The Balaban J connectivity index is 4.76. The van der Waals surface area contributed by atoms with Gasteiger partial charge in [-0.05, 0) is 27.7 Å². The summed E-state index contributed by atoms with van der Waals surface area (Å²) in [5.74, 6) is 0. The van der Waals surface area contributed by atoms with Crippen molar-refractivity contribution in [2.75, 3.05) is 13.6 Å². The van der Waals surface area contributed by atoms with Gasteiger partial charge in [0.2, 0.25) is 0 Å². The largest absolute Gasteiger partial charge is 0.329 e. The molecule has 0 saturated heterocycles. The molecule has 0 aromatic heterocycles. The molecule has 0 bridgehead atoms. The molecule has 6 heteroatoms. The molecule has 0 aliphatic rings. The van der Waals surface area contributed by atoms with Gasteiger partial charge in [-0.3, -0.25) is 0 Å². The highest BCUT2D eigenvalue weighted by Crippen LogP contribution is 2.13. The van der Waals surface area contributed by atoms with Crippen molar-refractivity contribution in [2.45, 2.75) is 39.3 Å². The van der Waals surface area contributed by atoms with Crippen LogP contribution in [-0.2, 0) is 10.2 Å². The standard InChI is InChI=1S/C8H21N3O2S/c1-7(2)10-14(12,13)11(5)8(3,4)6-9/h7,10H,6,9H2,1-5H3. The number of hydrogen-bond donors (Lipinski definition) is 2. The van der Waals surface area contributed by atoms with Gasteiger partial charge in [0.05, 0.1) is 0 Å². The Morgan fingerprint density at radius 1 is 1.43 bits per heavy atom. The van der Waals surface area contributed by atoms with Crippen LogP contribution >= 0.6 is 0 Å². The number of hydrogen-bond acceptors (Lipinski definition) is 3. The Bertz CT molecular complexity index is 272. The van der Waals surface area contributed by atoms with Gasteiger partial charge in [-0.1, -0.05) is 0 Å². The molecule has 0 aliphatic heterocycles. The second-order valence-electron chi connectivity index (χ2n) is 4.26. The second-order valence-corrected chi connectivity index (χ2v) is 6.00. The van der Waals surface area contributed by atoms with E-state index in [0.717, 1.165) is 0 Å². The van der Waals surface area contributed by atoms with E-state index in [-0.39, 0.29) is 12.6 Å². The molecule has 86 valence electrons. The van der Waals surface area contributed by atoms with Crippen LogP contribution in [0.4, 0.5) is 0 Å². The summed E-state index contributed by atoms with van der Waals surface area (Å²) in [5, 5.41) is 0. The normalized spacial score (nSPS) is 14.0. The van der Waals surface area contributed by atoms with Crippen LogP contribution in [0.25, 0.3) is 0 Å². The molecule has 3 N–H and O–H groups in total. The van der Waals surface area contributed by atoms with Crippen molar-refractivity contribution in [1.82, 2.24) is 9.03 Å². The predicted octanol–water partition coefficient (Wildman–Crippen LogP) is -0.102. The van der Waals surface area contributed by atoms with Crippen molar-refractivity contribution in [3.8, 4) is 0 Å². The summed E-state index contributed by atoms with van der Waals surface area (Å²) < 4.78 is 27.2. The highest BCUT2D eigenvalue weighted by Gasteiger charge is 2.31. The number of rotatable bonds is 5. The van der Waals surface area contributed by atoms with Gasteiger partial charge >= 0.3 is 0 Å². The molecule has 0 rings (SSSR count). The SMILES string of the molecule is CC(C)NS(=O)(=O)N(C)C(C)(C)CN. The number of nitrogens with zero attached hydrogens (tertiary/aromatic N) is 1. The van der Waals surface area contributed by atoms with Crippen molar-refractivity contribution >= 4 is 10.2 Å². The smallest absolute Gasteiger partial charge is 0.279 e. The molecule has 0 heterocycles. The van der Waals surface area contributed by atoms with Crippen LogP contribution in [0.1, 0.15) is 27.7 Å². The van der Waals surface area contributed by atoms with Crippen LogP contribution in [0, 0.1) is 0 Å². The predicted molar refractivity (Wildman–Crippen MR) is 58.1 cm³/mol. The van der Waals surface area contributed by atoms with Gasteiger partial charge < -0.3 is 5.73 Å². The first-order valence-electron chi connectivity index (χ1n) is 4.60. The van der Waals surface area contributed by atoms with E-state index in [1.807, 2.05) is 0 Å². The molecule has 0 saturated carbocycles. The maximum atomic E-state index is 11.7. The number of nitrogens with two attached hydrogens (primary N) is 1. The van der Waals surface area contributed by atoms with Gasteiger partial charge in [-0.25, -0.2) is 0 Å². The molecule has 5 nitrogen and oxygen atoms in total. The lowest BCUT2D eigenvalue weighted by Gasteiger charge is -2.33. The van der Waals surface area contributed by atoms with Gasteiger partial charge in [-0.2, -0.15) is 17.4 Å². The lowest BCUT2D eigenvalue weighted by Crippen LogP contribution is -2.54. The lowest BCUT2D eigenvalue weighted by atomic mass is 10.1. The van der Waals surface area contributed by atoms with Crippen molar-refractivity contribution in [3.63, 3.8) is 0 Å². The van der Waals surface area contributed by atoms with Crippen molar-refractivity contribution in [1.29, 1.82) is 0 Å². The fourth-order valence-electron chi connectivity index (χ4n) is 0.831. The van der Waals surface area contributed by atoms with Gasteiger partial charge in [0.1, 0.15) is 0 Å². The monoisotopic (exact) mass is 223 g/mol. The van der Waals surface area contributed by atoms with Crippen molar-refractivity contribution < 1.29 is 8.42 Å². The van der Waals surface area contributed by atoms with E-state index in [0.29, 0.717) is 0 Å². The molecule has 0 aromatic rings. The molecule has 14 heavy (non-hydrogen) atoms. The molecular weight excluding hydrogens is 202 g/mol. The first-order chi connectivity index (χ1) is 6.13. The molecule has 0 fully saturated rings. The zero-order valence-electron chi connectivity index (χ0n) is 9.53. The van der Waals surface area contributed by atoms with Crippen LogP contribution in [0.3, 0.4) is 0 Å². The number of likely N-dealkylation sites (N-methyl/N-ethyl adjacent to an activating group) is 1. The second kappa shape index (κ2) is 4.57. The lowest BCUT2D eigenvalue weighted by molar-refractivity contribution is 0.269. The summed E-state index contributed by atoms with van der Waals surface area (Å²) in [5.41, 5.74) is 4.93. The molecular formula is C8H21N3O2S. The van der Waals surface area contributed by atoms with Crippen LogP contribution in [0.2, 0.25) is 0 Å². The van der Waals surface area contributed by atoms with Gasteiger partial charge in [-0.15, -0.1) is 0 Å². The average molecular weight is 223 g/mol. The van der Waals surface area contributed by atoms with Gasteiger partial charge in [0.25, 0.3) is 10.2 Å². The van der Waals surface area contributed by atoms with Crippen molar-refractivity contribution in [2.24, 2.45) is 5.73 Å². The number of nitrogens with one attached hydrogen (secondary N) is 1. The Morgan fingerprint density at radius 2 is 1.86 bits per heavy atom. The summed E-state index contributed by atoms with van der Waals surface area (Å²) in [6, 6.07) is -0.115. The van der Waals surface area contributed by atoms with E-state index in [9.17, 15) is 8.42 Å². The van der Waals surface area contributed by atoms with E-state index in [1.165, 1.54) is 11.4 Å². The highest BCUT2D eigenvalue weighted by molar-refractivity contribution is 7.87. The van der Waals surface area contributed by atoms with Crippen LogP contribution in [-0.4, -0.2) is 37.9 Å². The third-order valence-electron chi connectivity index (χ3n) is 2.10. The molecule has 0 aliphatic carbocycles. The van der Waals surface area contributed by atoms with Crippen LogP contribution in [0.15, 0.2) is 0 Å². The maximum absolute atomic E-state index is 11.7. The minimum atomic E-state index is -3.43. The maximum Gasteiger partial charge on any atom is 0.279 e. The summed E-state index contributed by atoms with van der Waals surface area (Å²) in [7, 11) is -1.90. The average Bonchev–Trinajstić information content (AvgIpc) is 2.00. The van der Waals surface area contributed by atoms with E-state index < -0.39 is 15.7 Å². The third kappa shape index (κ3) is 3.53. The zero-order chi connectivity index (χ0) is 11.6. The zero-order valence-corrected chi connectivity index (χ0v) is 10.4. The minimum Gasteiger partial charge on any atom is -0.329 e. The molecule has 0 spiro atoms. The Morgan fingerprint density at radius 3 is 2.14 bits per heavy atom. The molecule has 0 aromatic carbocycles. The van der Waals surface area contributed by atoms with Crippen molar-refractivity contribution in [3.05, 3.63) is 0 Å². The van der Waals surface area contributed by atoms with Gasteiger partial charge in [0, 0.05) is 25.2 Å². The van der Waals surface area contributed by atoms with Gasteiger partial charge in [0.15, 0.2) is 0 Å². The molecule has 0 radical (unpaired) electrons. The molecule has 0 unspecified atom stereocenters. The van der Waals surface area contributed by atoms with E-state index in [4.69, 9.17) is 5.73 Å². The Labute approximate surface area is 86.8 Å². The first-order valence-corrected chi connectivity index (χ1v) is 6.04. The molecule has 0 amide bonds. The van der Waals surface area contributed by atoms with Crippen LogP contribution < -0.4 is 10.5 Å². The Kier molecular flexibility index (Phi) is 4.51. The minimum absolute atomic E-state index is 0.115. The van der Waals surface area contributed by atoms with E-state index in [1.54, 1.807) is 27.7 Å². The summed E-state index contributed by atoms with van der Waals surface area (Å²) in [6.45, 7) is 7.41. The van der Waals surface area contributed by atoms with E-state index >= 15 is 0 Å². The summed E-state index contributed by atoms with van der Waals surface area (Å²) in [6.07, 6.45) is 0. The highest BCUT2D eigenvalue weighted by atomic mass is 32.2. The fraction of sp³-hybridized carbons (Fsp3) is 1.00. The topological polar surface area (TPSA) is 75.4 Å². The summed E-state index contributed by atoms with van der Waals surface area (Å²) in [4.78, 5) is 0. The Hall–Kier alpha value is -0.170. The van der Waals surface area contributed by atoms with Crippen LogP contribution in [0.5, 0.6) is 0 Å². The quantitative estimate of drug-likeness (QED) is 0.683.